The van der Waals surface area contributed by atoms with Gasteiger partial charge in [0.25, 0.3) is 0 Å². The summed E-state index contributed by atoms with van der Waals surface area (Å²) in [5, 5.41) is 2.10. The minimum atomic E-state index is -0.266. The molecule has 0 unspecified atom stereocenters. The molecule has 1 aliphatic heterocycles. The van der Waals surface area contributed by atoms with Crippen LogP contribution >= 0.6 is 27.3 Å². The summed E-state index contributed by atoms with van der Waals surface area (Å²) in [5.41, 5.74) is 1.30. The summed E-state index contributed by atoms with van der Waals surface area (Å²) in [4.78, 5) is 7.58. The van der Waals surface area contributed by atoms with E-state index in [1.807, 2.05) is 4.90 Å². The van der Waals surface area contributed by atoms with Gasteiger partial charge in [0, 0.05) is 28.6 Å². The van der Waals surface area contributed by atoms with Gasteiger partial charge in [-0.2, -0.15) is 0 Å². The molecule has 3 rings (SSSR count). The average molecular weight is 313 g/mol. The van der Waals surface area contributed by atoms with Crippen molar-refractivity contribution in [2.24, 2.45) is 0 Å². The zero-order chi connectivity index (χ0) is 11.8. The standard InChI is InChI=1S/C12H10BrFN2S/c13-9-5-10(14)12(15-6-9)16-3-1-11-8(7-16)2-4-17-11/h2,4-6H,1,3,7H2. The number of aromatic nitrogens is 1. The molecule has 0 N–H and O–H groups in total. The number of nitrogens with zero attached hydrogens (tertiary/aromatic N) is 2. The molecule has 0 amide bonds. The van der Waals surface area contributed by atoms with Gasteiger partial charge < -0.3 is 4.90 Å². The fourth-order valence-electron chi connectivity index (χ4n) is 2.07. The Hall–Kier alpha value is -0.940. The predicted octanol–water partition coefficient (Wildman–Crippen LogP) is 3.61. The number of thiophene rings is 1. The van der Waals surface area contributed by atoms with E-state index in [1.165, 1.54) is 16.5 Å². The van der Waals surface area contributed by atoms with Crippen molar-refractivity contribution < 1.29 is 4.39 Å². The van der Waals surface area contributed by atoms with Gasteiger partial charge in [-0.1, -0.05) is 0 Å². The van der Waals surface area contributed by atoms with Crippen LogP contribution in [0, 0.1) is 5.82 Å². The van der Waals surface area contributed by atoms with Crippen LogP contribution in [0.2, 0.25) is 0 Å². The molecule has 3 heterocycles. The summed E-state index contributed by atoms with van der Waals surface area (Å²) in [6.07, 6.45) is 2.62. The Morgan fingerprint density at radius 3 is 3.18 bits per heavy atom. The second-order valence-electron chi connectivity index (χ2n) is 4.00. The molecular weight excluding hydrogens is 303 g/mol. The van der Waals surface area contributed by atoms with Crippen molar-refractivity contribution in [2.45, 2.75) is 13.0 Å². The number of fused-ring (bicyclic) bond motifs is 1. The molecule has 2 aromatic heterocycles. The molecule has 1 aliphatic rings. The second-order valence-corrected chi connectivity index (χ2v) is 5.92. The van der Waals surface area contributed by atoms with Crippen LogP contribution in [0.5, 0.6) is 0 Å². The van der Waals surface area contributed by atoms with Gasteiger partial charge >= 0.3 is 0 Å². The zero-order valence-corrected chi connectivity index (χ0v) is 11.4. The molecular formula is C12H10BrFN2S. The lowest BCUT2D eigenvalue weighted by atomic mass is 10.1. The van der Waals surface area contributed by atoms with Crippen LogP contribution < -0.4 is 4.90 Å². The molecule has 17 heavy (non-hydrogen) atoms. The van der Waals surface area contributed by atoms with Crippen LogP contribution in [0.25, 0.3) is 0 Å². The van der Waals surface area contributed by atoms with Crippen molar-refractivity contribution in [1.29, 1.82) is 0 Å². The van der Waals surface area contributed by atoms with Crippen molar-refractivity contribution in [3.05, 3.63) is 44.4 Å². The highest BCUT2D eigenvalue weighted by Gasteiger charge is 2.20. The summed E-state index contributed by atoms with van der Waals surface area (Å²) >= 11 is 5.00. The van der Waals surface area contributed by atoms with Gasteiger partial charge in [0.05, 0.1) is 0 Å². The fraction of sp³-hybridized carbons (Fsp3) is 0.250. The van der Waals surface area contributed by atoms with E-state index >= 15 is 0 Å². The third-order valence-electron chi connectivity index (χ3n) is 2.90. The van der Waals surface area contributed by atoms with Crippen LogP contribution in [-0.4, -0.2) is 11.5 Å². The number of hydrogen-bond acceptors (Lipinski definition) is 3. The van der Waals surface area contributed by atoms with Crippen LogP contribution in [0.3, 0.4) is 0 Å². The lowest BCUT2D eigenvalue weighted by Crippen LogP contribution is -2.30. The Morgan fingerprint density at radius 2 is 2.35 bits per heavy atom. The maximum Gasteiger partial charge on any atom is 0.166 e. The Balaban J connectivity index is 1.91. The highest BCUT2D eigenvalue weighted by Crippen LogP contribution is 2.28. The summed E-state index contributed by atoms with van der Waals surface area (Å²) in [5.74, 6) is 0.183. The van der Waals surface area contributed by atoms with Crippen molar-refractivity contribution >= 4 is 33.1 Å². The van der Waals surface area contributed by atoms with Gasteiger partial charge in [0.1, 0.15) is 0 Å². The maximum atomic E-state index is 13.8. The Kier molecular flexibility index (Phi) is 2.88. The molecule has 0 radical (unpaired) electrons. The second kappa shape index (κ2) is 4.38. The topological polar surface area (TPSA) is 16.1 Å². The first-order chi connectivity index (χ1) is 8.24. The van der Waals surface area contributed by atoms with Gasteiger partial charge in [0.15, 0.2) is 11.6 Å². The molecule has 0 fully saturated rings. The van der Waals surface area contributed by atoms with Crippen molar-refractivity contribution in [1.82, 2.24) is 4.98 Å². The van der Waals surface area contributed by atoms with E-state index in [2.05, 4.69) is 32.4 Å². The van der Waals surface area contributed by atoms with E-state index in [9.17, 15) is 4.39 Å². The number of anilines is 1. The van der Waals surface area contributed by atoms with E-state index in [0.29, 0.717) is 10.3 Å². The monoisotopic (exact) mass is 312 g/mol. The van der Waals surface area contributed by atoms with E-state index in [4.69, 9.17) is 0 Å². The summed E-state index contributed by atoms with van der Waals surface area (Å²) in [6, 6.07) is 3.58. The van der Waals surface area contributed by atoms with Gasteiger partial charge in [-0.3, -0.25) is 0 Å². The van der Waals surface area contributed by atoms with Gasteiger partial charge in [0.2, 0.25) is 0 Å². The van der Waals surface area contributed by atoms with Gasteiger partial charge in [-0.25, -0.2) is 9.37 Å². The maximum absolute atomic E-state index is 13.8. The molecule has 0 spiro atoms. The van der Waals surface area contributed by atoms with Crippen LogP contribution in [0.15, 0.2) is 28.2 Å². The molecule has 2 nitrogen and oxygen atoms in total. The van der Waals surface area contributed by atoms with E-state index in [-0.39, 0.29) is 5.82 Å². The molecule has 0 atom stereocenters. The largest absolute Gasteiger partial charge is 0.349 e. The van der Waals surface area contributed by atoms with Crippen LogP contribution in [-0.2, 0) is 13.0 Å². The minimum absolute atomic E-state index is 0.266. The van der Waals surface area contributed by atoms with E-state index in [0.717, 1.165) is 19.5 Å². The highest BCUT2D eigenvalue weighted by molar-refractivity contribution is 9.10. The van der Waals surface area contributed by atoms with E-state index < -0.39 is 0 Å². The quantitative estimate of drug-likeness (QED) is 0.799. The number of pyridine rings is 1. The summed E-state index contributed by atoms with van der Waals surface area (Å²) in [7, 11) is 0. The molecule has 0 saturated carbocycles. The smallest absolute Gasteiger partial charge is 0.166 e. The molecule has 88 valence electrons. The Labute approximate surface area is 111 Å². The summed E-state index contributed by atoms with van der Waals surface area (Å²) in [6.45, 7) is 1.59. The van der Waals surface area contributed by atoms with Gasteiger partial charge in [-0.05, 0) is 45.4 Å². The first-order valence-electron chi connectivity index (χ1n) is 5.35. The zero-order valence-electron chi connectivity index (χ0n) is 8.99. The molecule has 5 heteroatoms. The first kappa shape index (κ1) is 11.2. The minimum Gasteiger partial charge on any atom is -0.349 e. The van der Waals surface area contributed by atoms with Crippen LogP contribution in [0.4, 0.5) is 10.2 Å². The van der Waals surface area contributed by atoms with Crippen molar-refractivity contribution in [3.63, 3.8) is 0 Å². The van der Waals surface area contributed by atoms with Crippen LogP contribution in [0.1, 0.15) is 10.4 Å². The third kappa shape index (κ3) is 2.09. The predicted molar refractivity (Wildman–Crippen MR) is 71.0 cm³/mol. The molecule has 0 aromatic carbocycles. The number of halogens is 2. The highest BCUT2D eigenvalue weighted by atomic mass is 79.9. The SMILES string of the molecule is Fc1cc(Br)cnc1N1CCc2sccc2C1. The lowest BCUT2D eigenvalue weighted by molar-refractivity contribution is 0.601. The third-order valence-corrected chi connectivity index (χ3v) is 4.35. The molecule has 0 bridgehead atoms. The lowest BCUT2D eigenvalue weighted by Gasteiger charge is -2.28. The molecule has 2 aromatic rings. The van der Waals surface area contributed by atoms with Gasteiger partial charge in [-0.15, -0.1) is 11.3 Å². The Morgan fingerprint density at radius 1 is 1.47 bits per heavy atom. The van der Waals surface area contributed by atoms with Crippen molar-refractivity contribution in [3.8, 4) is 0 Å². The number of hydrogen-bond donors (Lipinski definition) is 0. The average Bonchev–Trinajstić information content (AvgIpc) is 2.75. The first-order valence-corrected chi connectivity index (χ1v) is 7.02. The number of rotatable bonds is 1. The molecule has 0 aliphatic carbocycles. The summed E-state index contributed by atoms with van der Waals surface area (Å²) < 4.78 is 14.5. The fourth-order valence-corrected chi connectivity index (χ4v) is 3.26. The Bertz CT molecular complexity index is 555. The van der Waals surface area contributed by atoms with Crippen molar-refractivity contribution in [2.75, 3.05) is 11.4 Å². The normalized spacial score (nSPS) is 14.8. The molecule has 0 saturated heterocycles. The van der Waals surface area contributed by atoms with E-state index in [1.54, 1.807) is 17.5 Å².